The van der Waals surface area contributed by atoms with Crippen LogP contribution in [0.2, 0.25) is 0 Å². The summed E-state index contributed by atoms with van der Waals surface area (Å²) in [7, 11) is 4.33. The van der Waals surface area contributed by atoms with Crippen LogP contribution in [0.1, 0.15) is 6.42 Å². The van der Waals surface area contributed by atoms with E-state index in [4.69, 9.17) is 10.7 Å². The number of thiazole rings is 1. The fraction of sp³-hybridized carbons (Fsp3) is 0.500. The number of nitrogens with two attached hydrogens (primary N) is 1. The highest BCUT2D eigenvalue weighted by atomic mass is 35.5. The van der Waals surface area contributed by atoms with Crippen LogP contribution in [0, 0.1) is 5.92 Å². The fourth-order valence-corrected chi connectivity index (χ4v) is 3.72. The molecule has 1 fully saturated rings. The lowest BCUT2D eigenvalue weighted by Crippen LogP contribution is -2.27. The first-order chi connectivity index (χ1) is 9.11. The van der Waals surface area contributed by atoms with Crippen molar-refractivity contribution in [2.75, 3.05) is 44.4 Å². The van der Waals surface area contributed by atoms with Gasteiger partial charge in [0.05, 0.1) is 10.2 Å². The quantitative estimate of drug-likeness (QED) is 0.885. The maximum absolute atomic E-state index is 5.82. The number of anilines is 2. The number of nitrogens with zero attached hydrogens (tertiary/aromatic N) is 3. The number of benzene rings is 1. The second-order valence-electron chi connectivity index (χ2n) is 5.52. The summed E-state index contributed by atoms with van der Waals surface area (Å²) in [6, 6.07) is 5.92. The largest absolute Gasteiger partial charge is 0.399 e. The molecular formula is C14H21ClN4S. The Hall–Kier alpha value is -1.04. The first-order valence-corrected chi connectivity index (χ1v) is 7.49. The van der Waals surface area contributed by atoms with Gasteiger partial charge >= 0.3 is 0 Å². The van der Waals surface area contributed by atoms with Gasteiger partial charge in [0.1, 0.15) is 0 Å². The van der Waals surface area contributed by atoms with Crippen molar-refractivity contribution in [1.82, 2.24) is 9.88 Å². The maximum Gasteiger partial charge on any atom is 0.186 e. The lowest BCUT2D eigenvalue weighted by Gasteiger charge is -2.20. The summed E-state index contributed by atoms with van der Waals surface area (Å²) in [5, 5.41) is 1.09. The second kappa shape index (κ2) is 6.16. The highest BCUT2D eigenvalue weighted by molar-refractivity contribution is 7.22. The third kappa shape index (κ3) is 3.16. The average Bonchev–Trinajstić information content (AvgIpc) is 2.95. The number of aromatic nitrogens is 1. The van der Waals surface area contributed by atoms with Gasteiger partial charge in [-0.25, -0.2) is 4.98 Å². The summed E-state index contributed by atoms with van der Waals surface area (Å²) >= 11 is 1.72. The Labute approximate surface area is 130 Å². The van der Waals surface area contributed by atoms with Gasteiger partial charge in [-0.2, -0.15) is 0 Å². The molecule has 6 heteroatoms. The highest BCUT2D eigenvalue weighted by Gasteiger charge is 2.21. The van der Waals surface area contributed by atoms with E-state index in [0.717, 1.165) is 28.8 Å². The van der Waals surface area contributed by atoms with Crippen LogP contribution in [-0.2, 0) is 0 Å². The van der Waals surface area contributed by atoms with Gasteiger partial charge in [0.25, 0.3) is 0 Å². The molecule has 1 aliphatic heterocycles. The molecule has 2 N–H and O–H groups in total. The standard InChI is InChI=1S/C14H20N4S.ClH/c1-17-6-5-10(8-17)9-18(2)14-16-12-4-3-11(15)7-13(12)19-14;/h3-4,7,10H,5-6,8-9,15H2,1-2H3;1H. The van der Waals surface area contributed by atoms with E-state index in [-0.39, 0.29) is 12.4 Å². The predicted molar refractivity (Wildman–Crippen MR) is 90.2 cm³/mol. The SMILES string of the molecule is CN1CCC(CN(C)c2nc3ccc(N)cc3s2)C1.Cl. The van der Waals surface area contributed by atoms with Gasteiger partial charge in [-0.05, 0) is 44.1 Å². The van der Waals surface area contributed by atoms with Crippen molar-refractivity contribution >= 4 is 44.8 Å². The van der Waals surface area contributed by atoms with E-state index in [2.05, 4.69) is 23.9 Å². The first-order valence-electron chi connectivity index (χ1n) is 6.67. The molecule has 2 heterocycles. The summed E-state index contributed by atoms with van der Waals surface area (Å²) in [4.78, 5) is 9.37. The molecular weight excluding hydrogens is 292 g/mol. The third-order valence-electron chi connectivity index (χ3n) is 3.75. The van der Waals surface area contributed by atoms with Crippen LogP contribution in [0.5, 0.6) is 0 Å². The van der Waals surface area contributed by atoms with Crippen LogP contribution in [0.15, 0.2) is 18.2 Å². The van der Waals surface area contributed by atoms with Crippen LogP contribution >= 0.6 is 23.7 Å². The third-order valence-corrected chi connectivity index (χ3v) is 4.88. The number of rotatable bonds is 3. The Morgan fingerprint density at radius 2 is 2.30 bits per heavy atom. The van der Waals surface area contributed by atoms with Gasteiger partial charge in [0.15, 0.2) is 5.13 Å². The molecule has 1 aliphatic rings. The molecule has 0 bridgehead atoms. The molecule has 0 saturated carbocycles. The number of hydrogen-bond donors (Lipinski definition) is 1. The van der Waals surface area contributed by atoms with E-state index in [1.807, 2.05) is 18.2 Å². The van der Waals surface area contributed by atoms with Gasteiger partial charge in [-0.15, -0.1) is 12.4 Å². The minimum Gasteiger partial charge on any atom is -0.399 e. The average molecular weight is 313 g/mol. The van der Waals surface area contributed by atoms with Crippen molar-refractivity contribution in [2.24, 2.45) is 5.92 Å². The molecule has 3 rings (SSSR count). The lowest BCUT2D eigenvalue weighted by atomic mass is 10.1. The number of fused-ring (bicyclic) bond motifs is 1. The van der Waals surface area contributed by atoms with Gasteiger partial charge < -0.3 is 15.5 Å². The molecule has 1 unspecified atom stereocenters. The second-order valence-corrected chi connectivity index (χ2v) is 6.53. The van der Waals surface area contributed by atoms with Crippen molar-refractivity contribution in [3.8, 4) is 0 Å². The van der Waals surface area contributed by atoms with E-state index in [9.17, 15) is 0 Å². The zero-order valence-corrected chi connectivity index (χ0v) is 13.5. The molecule has 1 saturated heterocycles. The minimum atomic E-state index is 0. The molecule has 0 spiro atoms. The summed E-state index contributed by atoms with van der Waals surface area (Å²) in [5.41, 5.74) is 7.67. The minimum absolute atomic E-state index is 0. The Kier molecular flexibility index (Phi) is 4.73. The van der Waals surface area contributed by atoms with Crippen molar-refractivity contribution < 1.29 is 0 Å². The lowest BCUT2D eigenvalue weighted by molar-refractivity contribution is 0.396. The molecule has 0 aliphatic carbocycles. The molecule has 20 heavy (non-hydrogen) atoms. The molecule has 4 nitrogen and oxygen atoms in total. The summed E-state index contributed by atoms with van der Waals surface area (Å²) in [6.45, 7) is 3.50. The van der Waals surface area contributed by atoms with E-state index >= 15 is 0 Å². The summed E-state index contributed by atoms with van der Waals surface area (Å²) in [6.07, 6.45) is 1.29. The molecule has 110 valence electrons. The number of likely N-dealkylation sites (tertiary alicyclic amines) is 1. The van der Waals surface area contributed by atoms with Crippen molar-refractivity contribution in [2.45, 2.75) is 6.42 Å². The Morgan fingerprint density at radius 1 is 1.50 bits per heavy atom. The smallest absolute Gasteiger partial charge is 0.186 e. The Bertz CT molecular complexity index is 586. The molecule has 1 aromatic carbocycles. The molecule has 1 aromatic heterocycles. The summed E-state index contributed by atoms with van der Waals surface area (Å²) in [5.74, 6) is 0.757. The van der Waals surface area contributed by atoms with Crippen LogP contribution in [0.3, 0.4) is 0 Å². The van der Waals surface area contributed by atoms with Gasteiger partial charge in [-0.1, -0.05) is 11.3 Å². The van der Waals surface area contributed by atoms with Crippen LogP contribution in [0.25, 0.3) is 10.2 Å². The molecule has 0 amide bonds. The number of nitrogen functional groups attached to an aromatic ring is 1. The van der Waals surface area contributed by atoms with Crippen LogP contribution < -0.4 is 10.6 Å². The molecule has 2 aromatic rings. The van der Waals surface area contributed by atoms with E-state index in [1.54, 1.807) is 11.3 Å². The van der Waals surface area contributed by atoms with Gasteiger partial charge in [-0.3, -0.25) is 0 Å². The molecule has 0 radical (unpaired) electrons. The van der Waals surface area contributed by atoms with Gasteiger partial charge in [0, 0.05) is 25.8 Å². The van der Waals surface area contributed by atoms with Crippen molar-refractivity contribution in [1.29, 1.82) is 0 Å². The van der Waals surface area contributed by atoms with E-state index < -0.39 is 0 Å². The van der Waals surface area contributed by atoms with E-state index in [0.29, 0.717) is 0 Å². The zero-order chi connectivity index (χ0) is 13.4. The number of halogens is 1. The topological polar surface area (TPSA) is 45.4 Å². The predicted octanol–water partition coefficient (Wildman–Crippen LogP) is 2.69. The Morgan fingerprint density at radius 3 is 3.00 bits per heavy atom. The zero-order valence-electron chi connectivity index (χ0n) is 11.9. The summed E-state index contributed by atoms with van der Waals surface area (Å²) < 4.78 is 1.17. The highest BCUT2D eigenvalue weighted by Crippen LogP contribution is 2.30. The van der Waals surface area contributed by atoms with Crippen LogP contribution in [-0.4, -0.2) is 43.6 Å². The van der Waals surface area contributed by atoms with Crippen LogP contribution in [0.4, 0.5) is 10.8 Å². The van der Waals surface area contributed by atoms with Gasteiger partial charge in [0.2, 0.25) is 0 Å². The monoisotopic (exact) mass is 312 g/mol. The van der Waals surface area contributed by atoms with E-state index in [1.165, 1.54) is 24.2 Å². The van der Waals surface area contributed by atoms with Crippen molar-refractivity contribution in [3.05, 3.63) is 18.2 Å². The number of hydrogen-bond acceptors (Lipinski definition) is 5. The maximum atomic E-state index is 5.82. The Balaban J connectivity index is 0.00000147. The fourth-order valence-electron chi connectivity index (χ4n) is 2.73. The first kappa shape index (κ1) is 15.4. The van der Waals surface area contributed by atoms with Crippen molar-refractivity contribution in [3.63, 3.8) is 0 Å². The molecule has 1 atom stereocenters. The normalized spacial score (nSPS) is 19.2.